The molecule has 3 unspecified atom stereocenters. The first kappa shape index (κ1) is 19.7. The van der Waals surface area contributed by atoms with Crippen molar-refractivity contribution in [2.24, 2.45) is 23.2 Å². The third kappa shape index (κ3) is 3.19. The van der Waals surface area contributed by atoms with Gasteiger partial charge in [-0.05, 0) is 44.4 Å². The van der Waals surface area contributed by atoms with Crippen LogP contribution in [0, 0.1) is 23.2 Å². The molecule has 26 heavy (non-hydrogen) atoms. The fraction of sp³-hybridized carbons (Fsp3) is 0.875. The highest BCUT2D eigenvalue weighted by Gasteiger charge is 2.59. The Kier molecular flexibility index (Phi) is 4.96. The van der Waals surface area contributed by atoms with Gasteiger partial charge in [0.15, 0.2) is 0 Å². The lowest BCUT2D eigenvalue weighted by Gasteiger charge is -2.53. The quantitative estimate of drug-likeness (QED) is 0.285. The Labute approximate surface area is 150 Å². The van der Waals surface area contributed by atoms with E-state index in [1.165, 1.54) is 0 Å². The van der Waals surface area contributed by atoms with Gasteiger partial charge in [0.1, 0.15) is 5.78 Å². The minimum Gasteiger partial charge on any atom is -0.768 e. The molecule has 3 atom stereocenters. The lowest BCUT2D eigenvalue weighted by Crippen LogP contribution is -2.54. The van der Waals surface area contributed by atoms with Crippen LogP contribution in [0.5, 0.6) is 0 Å². The van der Waals surface area contributed by atoms with Crippen LogP contribution in [0.15, 0.2) is 0 Å². The number of carbonyl (C=O) groups is 2. The van der Waals surface area contributed by atoms with Gasteiger partial charge >= 0.3 is 17.1 Å². The van der Waals surface area contributed by atoms with Crippen molar-refractivity contribution in [3.63, 3.8) is 0 Å². The Morgan fingerprint density at radius 2 is 1.77 bits per heavy atom. The molecule has 4 fully saturated rings. The topological polar surface area (TPSA) is 83.5 Å². The summed E-state index contributed by atoms with van der Waals surface area (Å²) in [7, 11) is 0. The van der Waals surface area contributed by atoms with Gasteiger partial charge in [-0.2, -0.15) is 17.6 Å². The molecule has 4 bridgehead atoms. The van der Waals surface area contributed by atoms with Crippen LogP contribution in [0.1, 0.15) is 44.9 Å². The highest BCUT2D eigenvalue weighted by molar-refractivity contribution is 7.80. The number of hydrogen-bond donors (Lipinski definition) is 0. The first-order valence-corrected chi connectivity index (χ1v) is 9.62. The van der Waals surface area contributed by atoms with Crippen molar-refractivity contribution in [1.82, 2.24) is 0 Å². The van der Waals surface area contributed by atoms with Crippen LogP contribution in [0.25, 0.3) is 0 Å². The zero-order valence-electron chi connectivity index (χ0n) is 13.9. The molecule has 0 heterocycles. The van der Waals surface area contributed by atoms with Crippen molar-refractivity contribution in [3.8, 4) is 0 Å². The Bertz CT molecular complexity index is 620. The van der Waals surface area contributed by atoms with Crippen LogP contribution in [-0.2, 0) is 25.4 Å². The van der Waals surface area contributed by atoms with Crippen molar-refractivity contribution < 1.29 is 40.6 Å². The molecular formula is C16H19F4O5S-. The Balaban J connectivity index is 1.53. The molecule has 4 rings (SSSR count). The minimum atomic E-state index is -5.17. The zero-order chi connectivity index (χ0) is 19.3. The predicted octanol–water partition coefficient (Wildman–Crippen LogP) is 2.81. The molecule has 0 saturated heterocycles. The van der Waals surface area contributed by atoms with E-state index in [2.05, 4.69) is 0 Å². The third-order valence-electron chi connectivity index (χ3n) is 5.93. The van der Waals surface area contributed by atoms with E-state index in [4.69, 9.17) is 4.74 Å². The van der Waals surface area contributed by atoms with Crippen LogP contribution in [0.2, 0.25) is 0 Å². The van der Waals surface area contributed by atoms with Crippen molar-refractivity contribution in [2.75, 3.05) is 6.61 Å². The normalized spacial score (nSPS) is 34.8. The molecule has 0 N–H and O–H groups in total. The van der Waals surface area contributed by atoms with Crippen molar-refractivity contribution in [3.05, 3.63) is 0 Å². The highest BCUT2D eigenvalue weighted by Crippen LogP contribution is 2.59. The SMILES string of the molecule is O=C1C2CC3CC1CC(C(=O)OCCCC(F)(F)C(F)(F)S(=O)[O-])(C3)C2. The molecule has 4 aliphatic carbocycles. The van der Waals surface area contributed by atoms with Crippen molar-refractivity contribution >= 4 is 22.8 Å². The number of Topliss-reactive ketones (excluding diaryl/α,β-unsaturated/α-hetero) is 1. The summed E-state index contributed by atoms with van der Waals surface area (Å²) in [5.41, 5.74) is -0.770. The number of carbonyl (C=O) groups excluding carboxylic acids is 2. The number of hydrogen-bond acceptors (Lipinski definition) is 5. The predicted molar refractivity (Wildman–Crippen MR) is 80.0 cm³/mol. The smallest absolute Gasteiger partial charge is 0.371 e. The zero-order valence-corrected chi connectivity index (χ0v) is 14.7. The average Bonchev–Trinajstić information content (AvgIpc) is 2.55. The summed E-state index contributed by atoms with van der Waals surface area (Å²) in [5, 5.41) is -5.17. The summed E-state index contributed by atoms with van der Waals surface area (Å²) in [4.78, 5) is 24.6. The van der Waals surface area contributed by atoms with Gasteiger partial charge in [-0.25, -0.2) is 0 Å². The van der Waals surface area contributed by atoms with E-state index in [0.29, 0.717) is 19.3 Å². The second-order valence-corrected chi connectivity index (χ2v) is 8.70. The molecular weight excluding hydrogens is 380 g/mol. The van der Waals surface area contributed by atoms with Crippen LogP contribution in [0.4, 0.5) is 17.6 Å². The summed E-state index contributed by atoms with van der Waals surface area (Å²) < 4.78 is 78.1. The van der Waals surface area contributed by atoms with Gasteiger partial charge in [0.25, 0.3) is 0 Å². The fourth-order valence-corrected chi connectivity index (χ4v) is 5.22. The van der Waals surface area contributed by atoms with Crippen LogP contribution in [-0.4, -0.2) is 38.3 Å². The van der Waals surface area contributed by atoms with Crippen molar-refractivity contribution in [2.45, 2.75) is 56.1 Å². The number of halogens is 4. The fourth-order valence-electron chi connectivity index (χ4n) is 4.88. The van der Waals surface area contributed by atoms with E-state index < -0.39 is 53.1 Å². The average molecular weight is 399 g/mol. The Morgan fingerprint density at radius 3 is 2.31 bits per heavy atom. The van der Waals surface area contributed by atoms with Gasteiger partial charge in [0.2, 0.25) is 0 Å². The Morgan fingerprint density at radius 1 is 1.19 bits per heavy atom. The lowest BCUT2D eigenvalue weighted by atomic mass is 9.49. The number of ketones is 1. The summed E-state index contributed by atoms with van der Waals surface area (Å²) in [6.45, 7) is -0.494. The minimum absolute atomic E-state index is 0.149. The summed E-state index contributed by atoms with van der Waals surface area (Å²) in [6.07, 6.45) is 0.963. The maximum atomic E-state index is 13.3. The van der Waals surface area contributed by atoms with E-state index in [1.54, 1.807) is 0 Å². The third-order valence-corrected chi connectivity index (χ3v) is 6.65. The maximum absolute atomic E-state index is 13.3. The largest absolute Gasteiger partial charge is 0.768 e. The van der Waals surface area contributed by atoms with E-state index in [0.717, 1.165) is 12.8 Å². The monoisotopic (exact) mass is 399 g/mol. The number of ether oxygens (including phenoxy) is 1. The van der Waals surface area contributed by atoms with E-state index >= 15 is 0 Å². The summed E-state index contributed by atoms with van der Waals surface area (Å²) in [6, 6.07) is 0. The molecule has 4 saturated carbocycles. The van der Waals surface area contributed by atoms with Crippen molar-refractivity contribution in [1.29, 1.82) is 0 Å². The molecule has 0 aromatic carbocycles. The van der Waals surface area contributed by atoms with E-state index in [9.17, 15) is 35.9 Å². The number of esters is 1. The van der Waals surface area contributed by atoms with E-state index in [-0.39, 0.29) is 23.5 Å². The summed E-state index contributed by atoms with van der Waals surface area (Å²) in [5.74, 6) is -5.12. The van der Waals surface area contributed by atoms with Gasteiger partial charge < -0.3 is 9.29 Å². The first-order chi connectivity index (χ1) is 12.0. The number of alkyl halides is 4. The van der Waals surface area contributed by atoms with E-state index in [1.807, 2.05) is 0 Å². The number of rotatable bonds is 7. The van der Waals surface area contributed by atoms with Gasteiger partial charge in [-0.15, -0.1) is 0 Å². The van der Waals surface area contributed by atoms with Crippen LogP contribution in [0.3, 0.4) is 0 Å². The molecule has 0 spiro atoms. The molecule has 4 aliphatic rings. The molecule has 0 aromatic rings. The lowest BCUT2D eigenvalue weighted by molar-refractivity contribution is -0.177. The molecule has 0 aromatic heterocycles. The van der Waals surface area contributed by atoms with Gasteiger partial charge in [-0.1, -0.05) is 0 Å². The van der Waals surface area contributed by atoms with Gasteiger partial charge in [-0.3, -0.25) is 13.8 Å². The highest BCUT2D eigenvalue weighted by atomic mass is 32.2. The van der Waals surface area contributed by atoms with Gasteiger partial charge in [0.05, 0.1) is 12.0 Å². The summed E-state index contributed by atoms with van der Waals surface area (Å²) >= 11 is -4.24. The Hall–Kier alpha value is -1.03. The molecule has 5 nitrogen and oxygen atoms in total. The molecule has 10 heteroatoms. The second-order valence-electron chi connectivity index (χ2n) is 7.72. The standard InChI is InChI=1S/C16H20F4O5S/c17-15(18,16(19,20)26(23)24)2-1-3-25-13(22)14-6-9-4-10(7-14)12(21)11(5-9)8-14/h9-11H,1-8H2,(H,23,24)/p-1. The maximum Gasteiger partial charge on any atom is 0.371 e. The molecule has 0 amide bonds. The van der Waals surface area contributed by atoms with Crippen LogP contribution < -0.4 is 0 Å². The van der Waals surface area contributed by atoms with Crippen LogP contribution >= 0.6 is 0 Å². The molecule has 0 aliphatic heterocycles. The first-order valence-electron chi connectivity index (χ1n) is 8.54. The molecule has 0 radical (unpaired) electrons. The van der Waals surface area contributed by atoms with Gasteiger partial charge in [0, 0.05) is 29.3 Å². The molecule has 148 valence electrons. The second kappa shape index (κ2) is 6.54.